The molecule has 96 valence electrons. The van der Waals surface area contributed by atoms with E-state index >= 15 is 0 Å². The fourth-order valence-corrected chi connectivity index (χ4v) is 2.07. The van der Waals surface area contributed by atoms with Crippen molar-refractivity contribution in [3.63, 3.8) is 0 Å². The first-order valence-corrected chi connectivity index (χ1v) is 6.09. The standard InChI is InChI=1S/C14H17NO3/c1-8-5-9(2)7-11(6-8)12(14(17)18)15-13(16)10-3-4-10/h5-7,10,12H,3-4H2,1-2H3,(H,15,16)(H,17,18). The van der Waals surface area contributed by atoms with E-state index in [0.717, 1.165) is 24.0 Å². The van der Waals surface area contributed by atoms with Crippen molar-refractivity contribution in [2.24, 2.45) is 5.92 Å². The first-order valence-electron chi connectivity index (χ1n) is 6.09. The zero-order valence-electron chi connectivity index (χ0n) is 10.6. The van der Waals surface area contributed by atoms with E-state index in [1.54, 1.807) is 12.1 Å². The molecule has 0 saturated heterocycles. The Hall–Kier alpha value is -1.84. The van der Waals surface area contributed by atoms with E-state index in [4.69, 9.17) is 0 Å². The van der Waals surface area contributed by atoms with Crippen LogP contribution in [0.15, 0.2) is 18.2 Å². The highest BCUT2D eigenvalue weighted by Crippen LogP contribution is 2.30. The predicted molar refractivity (Wildman–Crippen MR) is 67.2 cm³/mol. The van der Waals surface area contributed by atoms with Crippen LogP contribution < -0.4 is 5.32 Å². The molecule has 18 heavy (non-hydrogen) atoms. The number of rotatable bonds is 4. The third-order valence-electron chi connectivity index (χ3n) is 3.06. The largest absolute Gasteiger partial charge is 0.479 e. The SMILES string of the molecule is Cc1cc(C)cc(C(NC(=O)C2CC2)C(=O)O)c1. The molecule has 0 radical (unpaired) electrons. The summed E-state index contributed by atoms with van der Waals surface area (Å²) in [7, 11) is 0. The number of aliphatic carboxylic acids is 1. The molecule has 2 N–H and O–H groups in total. The number of carboxylic acid groups (broad SMARTS) is 1. The van der Waals surface area contributed by atoms with Crippen molar-refractivity contribution in [2.75, 3.05) is 0 Å². The quantitative estimate of drug-likeness (QED) is 0.854. The van der Waals surface area contributed by atoms with E-state index in [1.807, 2.05) is 19.9 Å². The molecule has 1 amide bonds. The van der Waals surface area contributed by atoms with Gasteiger partial charge in [-0.1, -0.05) is 29.3 Å². The lowest BCUT2D eigenvalue weighted by Crippen LogP contribution is -2.34. The molecular formula is C14H17NO3. The van der Waals surface area contributed by atoms with Crippen molar-refractivity contribution in [1.29, 1.82) is 0 Å². The van der Waals surface area contributed by atoms with Gasteiger partial charge in [0.1, 0.15) is 0 Å². The number of aryl methyl sites for hydroxylation is 2. The topological polar surface area (TPSA) is 66.4 Å². The minimum absolute atomic E-state index is 0.0118. The Balaban J connectivity index is 2.22. The maximum absolute atomic E-state index is 11.7. The van der Waals surface area contributed by atoms with Gasteiger partial charge in [-0.25, -0.2) is 4.79 Å². The van der Waals surface area contributed by atoms with Crippen molar-refractivity contribution >= 4 is 11.9 Å². The Morgan fingerprint density at radius 2 is 1.78 bits per heavy atom. The van der Waals surface area contributed by atoms with Gasteiger partial charge < -0.3 is 10.4 Å². The summed E-state index contributed by atoms with van der Waals surface area (Å²) in [6.07, 6.45) is 1.73. The molecule has 2 rings (SSSR count). The molecule has 4 heteroatoms. The Morgan fingerprint density at radius 1 is 1.22 bits per heavy atom. The lowest BCUT2D eigenvalue weighted by molar-refractivity contribution is -0.142. The van der Waals surface area contributed by atoms with Crippen LogP contribution in [0.4, 0.5) is 0 Å². The van der Waals surface area contributed by atoms with Crippen LogP contribution in [0.3, 0.4) is 0 Å². The molecule has 0 bridgehead atoms. The average Bonchev–Trinajstić information content (AvgIpc) is 3.07. The normalized spacial score (nSPS) is 16.1. The third kappa shape index (κ3) is 2.88. The van der Waals surface area contributed by atoms with Gasteiger partial charge in [0.15, 0.2) is 6.04 Å². The number of hydrogen-bond acceptors (Lipinski definition) is 2. The predicted octanol–water partition coefficient (Wildman–Crippen LogP) is 1.96. The molecule has 0 spiro atoms. The lowest BCUT2D eigenvalue weighted by atomic mass is 10.0. The minimum Gasteiger partial charge on any atom is -0.479 e. The number of carbonyl (C=O) groups excluding carboxylic acids is 1. The van der Waals surface area contributed by atoms with Crippen LogP contribution >= 0.6 is 0 Å². The summed E-state index contributed by atoms with van der Waals surface area (Å²) in [5.74, 6) is -1.16. The van der Waals surface area contributed by atoms with Crippen LogP contribution in [0.2, 0.25) is 0 Å². The van der Waals surface area contributed by atoms with Crippen LogP contribution in [0.5, 0.6) is 0 Å². The van der Waals surface area contributed by atoms with E-state index in [2.05, 4.69) is 5.32 Å². The summed E-state index contributed by atoms with van der Waals surface area (Å²) >= 11 is 0. The number of benzene rings is 1. The van der Waals surface area contributed by atoms with Gasteiger partial charge in [-0.2, -0.15) is 0 Å². The smallest absolute Gasteiger partial charge is 0.330 e. The number of amides is 1. The summed E-state index contributed by atoms with van der Waals surface area (Å²) in [6, 6.07) is 4.64. The average molecular weight is 247 g/mol. The first kappa shape index (κ1) is 12.6. The van der Waals surface area contributed by atoms with Crippen LogP contribution in [-0.2, 0) is 9.59 Å². The molecule has 0 aliphatic heterocycles. The lowest BCUT2D eigenvalue weighted by Gasteiger charge is -2.16. The Bertz CT molecular complexity index is 472. The van der Waals surface area contributed by atoms with Crippen LogP contribution in [-0.4, -0.2) is 17.0 Å². The first-order chi connectivity index (χ1) is 8.47. The van der Waals surface area contributed by atoms with Crippen molar-refractivity contribution in [3.8, 4) is 0 Å². The van der Waals surface area contributed by atoms with Gasteiger partial charge in [0, 0.05) is 5.92 Å². The van der Waals surface area contributed by atoms with Crippen molar-refractivity contribution in [2.45, 2.75) is 32.7 Å². The van der Waals surface area contributed by atoms with E-state index in [-0.39, 0.29) is 11.8 Å². The second-order valence-corrected chi connectivity index (χ2v) is 4.98. The van der Waals surface area contributed by atoms with Crippen LogP contribution in [0.25, 0.3) is 0 Å². The highest BCUT2D eigenvalue weighted by atomic mass is 16.4. The van der Waals surface area contributed by atoms with Gasteiger partial charge in [0.25, 0.3) is 0 Å². The molecule has 1 atom stereocenters. The zero-order valence-corrected chi connectivity index (χ0v) is 10.6. The monoisotopic (exact) mass is 247 g/mol. The molecular weight excluding hydrogens is 230 g/mol. The summed E-state index contributed by atoms with van der Waals surface area (Å²) in [4.78, 5) is 23.0. The van der Waals surface area contributed by atoms with Gasteiger partial charge in [-0.3, -0.25) is 4.79 Å². The molecule has 1 aromatic rings. The zero-order chi connectivity index (χ0) is 13.3. The van der Waals surface area contributed by atoms with Gasteiger partial charge >= 0.3 is 5.97 Å². The highest BCUT2D eigenvalue weighted by Gasteiger charge is 2.33. The number of carboxylic acids is 1. The maximum atomic E-state index is 11.7. The number of nitrogens with one attached hydrogen (secondary N) is 1. The molecule has 1 aromatic carbocycles. The molecule has 4 nitrogen and oxygen atoms in total. The van der Waals surface area contributed by atoms with Crippen molar-refractivity contribution < 1.29 is 14.7 Å². The Labute approximate surface area is 106 Å². The molecule has 1 aliphatic rings. The van der Waals surface area contributed by atoms with Gasteiger partial charge in [-0.15, -0.1) is 0 Å². The summed E-state index contributed by atoms with van der Waals surface area (Å²) in [5.41, 5.74) is 2.63. The second kappa shape index (κ2) is 4.80. The van der Waals surface area contributed by atoms with Crippen LogP contribution in [0.1, 0.15) is 35.6 Å². The minimum atomic E-state index is -1.02. The third-order valence-corrected chi connectivity index (χ3v) is 3.06. The van der Waals surface area contributed by atoms with E-state index in [9.17, 15) is 14.7 Å². The van der Waals surface area contributed by atoms with E-state index in [1.165, 1.54) is 0 Å². The van der Waals surface area contributed by atoms with Gasteiger partial charge in [0.2, 0.25) is 5.91 Å². The maximum Gasteiger partial charge on any atom is 0.330 e. The van der Waals surface area contributed by atoms with Crippen molar-refractivity contribution in [3.05, 3.63) is 34.9 Å². The van der Waals surface area contributed by atoms with Crippen LogP contribution in [0, 0.1) is 19.8 Å². The van der Waals surface area contributed by atoms with Gasteiger partial charge in [0.05, 0.1) is 0 Å². The van der Waals surface area contributed by atoms with E-state index in [0.29, 0.717) is 5.56 Å². The Morgan fingerprint density at radius 3 is 2.22 bits per heavy atom. The molecule has 1 saturated carbocycles. The van der Waals surface area contributed by atoms with Crippen molar-refractivity contribution in [1.82, 2.24) is 5.32 Å². The fourth-order valence-electron chi connectivity index (χ4n) is 2.07. The summed E-state index contributed by atoms with van der Waals surface area (Å²) in [5, 5.41) is 11.9. The van der Waals surface area contributed by atoms with E-state index < -0.39 is 12.0 Å². The molecule has 1 unspecified atom stereocenters. The second-order valence-electron chi connectivity index (χ2n) is 4.98. The molecule has 0 aromatic heterocycles. The summed E-state index contributed by atoms with van der Waals surface area (Å²) < 4.78 is 0. The molecule has 1 aliphatic carbocycles. The Kier molecular flexibility index (Phi) is 3.36. The molecule has 1 fully saturated rings. The van der Waals surface area contributed by atoms with Gasteiger partial charge in [-0.05, 0) is 32.3 Å². The fraction of sp³-hybridized carbons (Fsp3) is 0.429. The highest BCUT2D eigenvalue weighted by molar-refractivity contribution is 5.87. The molecule has 0 heterocycles. The number of carbonyl (C=O) groups is 2. The number of hydrogen-bond donors (Lipinski definition) is 2. The summed E-state index contributed by atoms with van der Waals surface area (Å²) in [6.45, 7) is 3.83.